The number of carbonyl (C=O) groups excluding carboxylic acids is 2. The molecule has 0 bridgehead atoms. The number of carbonyl (C=O) groups is 2. The van der Waals surface area contributed by atoms with Crippen molar-refractivity contribution in [1.82, 2.24) is 0 Å². The van der Waals surface area contributed by atoms with Crippen LogP contribution in [-0.2, 0) is 4.79 Å². The van der Waals surface area contributed by atoms with Crippen molar-refractivity contribution in [2.45, 2.75) is 6.92 Å². The first-order chi connectivity index (χ1) is 12.5. The van der Waals surface area contributed by atoms with E-state index in [2.05, 4.69) is 5.32 Å². The number of non-ortho nitro benzene ring substituents is 1. The molecule has 0 aliphatic carbocycles. The number of hydrogen-bond donors (Lipinski definition) is 1. The van der Waals surface area contributed by atoms with Crippen LogP contribution in [0.5, 0.6) is 5.75 Å². The number of Topliss-reactive ketones (excluding diaryl/α,β-unsaturated/α-hetero) is 1. The Balaban J connectivity index is 1.86. The number of nitrogens with zero attached hydrogens (tertiary/aromatic N) is 1. The molecular formula is C18H18N2O5S. The second-order valence-electron chi connectivity index (χ2n) is 5.20. The van der Waals surface area contributed by atoms with Crippen LogP contribution in [0.2, 0.25) is 0 Å². The number of nitro benzene ring substituents is 1. The predicted molar refractivity (Wildman–Crippen MR) is 101 cm³/mol. The van der Waals surface area contributed by atoms with Gasteiger partial charge in [0.2, 0.25) is 5.91 Å². The number of thioether (sulfide) groups is 1. The van der Waals surface area contributed by atoms with Gasteiger partial charge in [-0.25, -0.2) is 0 Å². The summed E-state index contributed by atoms with van der Waals surface area (Å²) in [5.41, 5.74) is 0.699. The monoisotopic (exact) mass is 374 g/mol. The average molecular weight is 374 g/mol. The SMILES string of the molecule is CCOc1ccccc1NC(=O)CSCC(=O)c1cccc([N+](=O)[O-])c1. The van der Waals surface area contributed by atoms with Crippen molar-refractivity contribution >= 4 is 34.8 Å². The minimum absolute atomic E-state index is 0.0572. The van der Waals surface area contributed by atoms with Gasteiger partial charge in [-0.1, -0.05) is 24.3 Å². The number of amides is 1. The molecule has 0 saturated heterocycles. The molecule has 2 rings (SSSR count). The Bertz CT molecular complexity index is 810. The lowest BCUT2D eigenvalue weighted by atomic mass is 10.1. The quantitative estimate of drug-likeness (QED) is 0.409. The molecule has 0 aliphatic rings. The maximum Gasteiger partial charge on any atom is 0.270 e. The van der Waals surface area contributed by atoms with Gasteiger partial charge in [-0.15, -0.1) is 11.8 Å². The van der Waals surface area contributed by atoms with E-state index in [0.717, 1.165) is 11.8 Å². The molecule has 0 unspecified atom stereocenters. The molecular weight excluding hydrogens is 356 g/mol. The van der Waals surface area contributed by atoms with Crippen LogP contribution in [-0.4, -0.2) is 34.7 Å². The number of rotatable bonds is 9. The number of anilines is 1. The average Bonchev–Trinajstić information content (AvgIpc) is 2.63. The van der Waals surface area contributed by atoms with E-state index >= 15 is 0 Å². The van der Waals surface area contributed by atoms with Crippen LogP contribution in [0.1, 0.15) is 17.3 Å². The van der Waals surface area contributed by atoms with Gasteiger partial charge in [0.15, 0.2) is 5.78 Å². The Morgan fingerprint density at radius 1 is 1.15 bits per heavy atom. The maximum atomic E-state index is 12.1. The highest BCUT2D eigenvalue weighted by molar-refractivity contribution is 8.00. The van der Waals surface area contributed by atoms with Crippen molar-refractivity contribution < 1.29 is 19.2 Å². The van der Waals surface area contributed by atoms with Crippen molar-refractivity contribution in [1.29, 1.82) is 0 Å². The molecule has 0 radical (unpaired) electrons. The Hall–Kier alpha value is -2.87. The molecule has 0 saturated carbocycles. The van der Waals surface area contributed by atoms with Crippen LogP contribution >= 0.6 is 11.8 Å². The molecule has 0 aliphatic heterocycles. The highest BCUT2D eigenvalue weighted by Gasteiger charge is 2.13. The van der Waals surface area contributed by atoms with E-state index in [1.54, 1.807) is 18.2 Å². The molecule has 26 heavy (non-hydrogen) atoms. The van der Waals surface area contributed by atoms with Gasteiger partial charge < -0.3 is 10.1 Å². The molecule has 0 aromatic heterocycles. The number of ether oxygens (including phenoxy) is 1. The second kappa shape index (κ2) is 9.57. The largest absolute Gasteiger partial charge is 0.492 e. The summed E-state index contributed by atoms with van der Waals surface area (Å²) in [5.74, 6) is 0.208. The van der Waals surface area contributed by atoms with Gasteiger partial charge in [0, 0.05) is 17.7 Å². The molecule has 1 amide bonds. The molecule has 2 aromatic carbocycles. The van der Waals surface area contributed by atoms with Gasteiger partial charge >= 0.3 is 0 Å². The maximum absolute atomic E-state index is 12.1. The Morgan fingerprint density at radius 3 is 2.65 bits per heavy atom. The van der Waals surface area contributed by atoms with E-state index in [4.69, 9.17) is 4.74 Å². The lowest BCUT2D eigenvalue weighted by Crippen LogP contribution is -2.16. The fraction of sp³-hybridized carbons (Fsp3) is 0.222. The molecule has 1 N–H and O–H groups in total. The van der Waals surface area contributed by atoms with E-state index in [9.17, 15) is 19.7 Å². The van der Waals surface area contributed by atoms with E-state index in [1.807, 2.05) is 13.0 Å². The zero-order valence-electron chi connectivity index (χ0n) is 14.1. The zero-order chi connectivity index (χ0) is 18.9. The van der Waals surface area contributed by atoms with Crippen LogP contribution in [0.25, 0.3) is 0 Å². The fourth-order valence-corrected chi connectivity index (χ4v) is 2.86. The summed E-state index contributed by atoms with van der Waals surface area (Å²) in [4.78, 5) is 34.3. The van der Waals surface area contributed by atoms with Crippen LogP contribution < -0.4 is 10.1 Å². The Labute approximate surface area is 154 Å². The van der Waals surface area contributed by atoms with Gasteiger partial charge in [-0.05, 0) is 19.1 Å². The van der Waals surface area contributed by atoms with Crippen molar-refractivity contribution in [3.63, 3.8) is 0 Å². The number of ketones is 1. The minimum atomic E-state index is -0.548. The highest BCUT2D eigenvalue weighted by Crippen LogP contribution is 2.24. The highest BCUT2D eigenvalue weighted by atomic mass is 32.2. The van der Waals surface area contributed by atoms with Crippen molar-refractivity contribution in [2.24, 2.45) is 0 Å². The molecule has 0 spiro atoms. The number of para-hydroxylation sites is 2. The van der Waals surface area contributed by atoms with E-state index in [-0.39, 0.29) is 34.4 Å². The third-order valence-electron chi connectivity index (χ3n) is 3.31. The van der Waals surface area contributed by atoms with E-state index in [1.165, 1.54) is 24.3 Å². The first-order valence-electron chi connectivity index (χ1n) is 7.88. The standard InChI is InChI=1S/C18H18N2O5S/c1-2-25-17-9-4-3-8-15(17)19-18(22)12-26-11-16(21)13-6-5-7-14(10-13)20(23)24/h3-10H,2,11-12H2,1H3,(H,19,22). The van der Waals surface area contributed by atoms with Crippen molar-refractivity contribution in [3.05, 3.63) is 64.2 Å². The Morgan fingerprint density at radius 2 is 1.92 bits per heavy atom. The smallest absolute Gasteiger partial charge is 0.270 e. The Kier molecular flexibility index (Phi) is 7.16. The predicted octanol–water partition coefficient (Wildman–Crippen LogP) is 3.55. The van der Waals surface area contributed by atoms with Crippen LogP contribution in [0.3, 0.4) is 0 Å². The first-order valence-corrected chi connectivity index (χ1v) is 9.03. The molecule has 8 heteroatoms. The molecule has 2 aromatic rings. The van der Waals surface area contributed by atoms with E-state index in [0.29, 0.717) is 18.0 Å². The summed E-state index contributed by atoms with van der Waals surface area (Å²) in [7, 11) is 0. The topological polar surface area (TPSA) is 98.5 Å². The van der Waals surface area contributed by atoms with Gasteiger partial charge in [-0.2, -0.15) is 0 Å². The summed E-state index contributed by atoms with van der Waals surface area (Å²) < 4.78 is 5.44. The normalized spacial score (nSPS) is 10.2. The molecule has 0 fully saturated rings. The van der Waals surface area contributed by atoms with E-state index < -0.39 is 4.92 Å². The summed E-state index contributed by atoms with van der Waals surface area (Å²) in [6.07, 6.45) is 0. The molecule has 7 nitrogen and oxygen atoms in total. The van der Waals surface area contributed by atoms with Gasteiger partial charge in [0.25, 0.3) is 5.69 Å². The zero-order valence-corrected chi connectivity index (χ0v) is 15.0. The molecule has 0 heterocycles. The molecule has 0 atom stereocenters. The van der Waals surface area contributed by atoms with Gasteiger partial charge in [-0.3, -0.25) is 19.7 Å². The van der Waals surface area contributed by atoms with Crippen LogP contribution in [0, 0.1) is 10.1 Å². The lowest BCUT2D eigenvalue weighted by molar-refractivity contribution is -0.384. The first kappa shape index (κ1) is 19.5. The molecule has 136 valence electrons. The number of hydrogen-bond acceptors (Lipinski definition) is 6. The number of nitrogens with one attached hydrogen (secondary N) is 1. The van der Waals surface area contributed by atoms with Crippen molar-refractivity contribution in [2.75, 3.05) is 23.4 Å². The van der Waals surface area contributed by atoms with Gasteiger partial charge in [0.1, 0.15) is 5.75 Å². The fourth-order valence-electron chi connectivity index (χ4n) is 2.15. The second-order valence-corrected chi connectivity index (χ2v) is 6.19. The van der Waals surface area contributed by atoms with Crippen LogP contribution in [0.15, 0.2) is 48.5 Å². The lowest BCUT2D eigenvalue weighted by Gasteiger charge is -2.11. The van der Waals surface area contributed by atoms with Gasteiger partial charge in [0.05, 0.1) is 28.7 Å². The summed E-state index contributed by atoms with van der Waals surface area (Å²) in [6, 6.07) is 12.7. The van der Waals surface area contributed by atoms with Crippen molar-refractivity contribution in [3.8, 4) is 5.75 Å². The summed E-state index contributed by atoms with van der Waals surface area (Å²) >= 11 is 1.14. The van der Waals surface area contributed by atoms with Crippen LogP contribution in [0.4, 0.5) is 11.4 Å². The summed E-state index contributed by atoms with van der Waals surface area (Å²) in [5, 5.41) is 13.5. The third kappa shape index (κ3) is 5.59. The number of nitro groups is 1. The summed E-state index contributed by atoms with van der Waals surface area (Å²) in [6.45, 7) is 2.34. The minimum Gasteiger partial charge on any atom is -0.492 e. The number of benzene rings is 2. The third-order valence-corrected chi connectivity index (χ3v) is 4.24.